The topological polar surface area (TPSA) is 152 Å². The second-order valence-corrected chi connectivity index (χ2v) is 13.9. The van der Waals surface area contributed by atoms with Gasteiger partial charge in [0.25, 0.3) is 0 Å². The summed E-state index contributed by atoms with van der Waals surface area (Å²) in [6, 6.07) is 18.3. The maximum Gasteiger partial charge on any atom is 0.411 e. The summed E-state index contributed by atoms with van der Waals surface area (Å²) in [5.41, 5.74) is -0.210. The summed E-state index contributed by atoms with van der Waals surface area (Å²) in [5.74, 6) is -2.42. The van der Waals surface area contributed by atoms with E-state index in [4.69, 9.17) is 18.9 Å². The fraction of sp³-hybridized carbons (Fsp3) is 0.526. The average Bonchev–Trinajstić information content (AvgIpc) is 3.04. The van der Waals surface area contributed by atoms with Crippen LogP contribution < -0.4 is 0 Å². The van der Waals surface area contributed by atoms with Gasteiger partial charge in [0.15, 0.2) is 0 Å². The predicted octanol–water partition coefficient (Wildman–Crippen LogP) is 4.64. The van der Waals surface area contributed by atoms with Gasteiger partial charge < -0.3 is 28.7 Å². The first-order chi connectivity index (χ1) is 24.4. The molecule has 0 N–H and O–H groups in total. The molecule has 52 heavy (non-hydrogen) atoms. The Kier molecular flexibility index (Phi) is 17.1. The summed E-state index contributed by atoms with van der Waals surface area (Å²) in [6.45, 7) is 11.7. The molecule has 0 aromatic heterocycles. The van der Waals surface area contributed by atoms with Gasteiger partial charge >= 0.3 is 24.1 Å². The van der Waals surface area contributed by atoms with Crippen LogP contribution in [-0.2, 0) is 51.2 Å². The first-order valence-corrected chi connectivity index (χ1v) is 17.3. The molecule has 0 aliphatic heterocycles. The molecule has 0 atom stereocenters. The third-order valence-electron chi connectivity index (χ3n) is 6.98. The molecule has 286 valence electrons. The van der Waals surface area contributed by atoms with Crippen LogP contribution in [0.25, 0.3) is 0 Å². The normalized spacial score (nSPS) is 11.2. The molecule has 0 heterocycles. The number of hydrogen-bond donors (Lipinski definition) is 0. The molecule has 0 unspecified atom stereocenters. The van der Waals surface area contributed by atoms with E-state index in [0.29, 0.717) is 0 Å². The van der Waals surface area contributed by atoms with Gasteiger partial charge in [0.05, 0.1) is 13.2 Å². The van der Waals surface area contributed by atoms with E-state index in [2.05, 4.69) is 0 Å². The van der Waals surface area contributed by atoms with Crippen LogP contribution >= 0.6 is 0 Å². The maximum absolute atomic E-state index is 14.0. The zero-order valence-electron chi connectivity index (χ0n) is 31.7. The number of ether oxygens (including phenoxy) is 4. The van der Waals surface area contributed by atoms with Crippen LogP contribution in [-0.4, -0.2) is 119 Å². The summed E-state index contributed by atoms with van der Waals surface area (Å²) in [6.07, 6.45) is -1.73. The fourth-order valence-electron chi connectivity index (χ4n) is 4.71. The lowest BCUT2D eigenvalue weighted by molar-refractivity contribution is -0.146. The summed E-state index contributed by atoms with van der Waals surface area (Å²) in [5, 5.41) is 0. The van der Waals surface area contributed by atoms with Gasteiger partial charge in [0, 0.05) is 26.2 Å². The summed E-state index contributed by atoms with van der Waals surface area (Å²) in [4.78, 5) is 84.1. The Labute approximate surface area is 306 Å². The molecule has 14 heteroatoms. The highest BCUT2D eigenvalue weighted by molar-refractivity contribution is 5.86. The third kappa shape index (κ3) is 16.7. The van der Waals surface area contributed by atoms with E-state index >= 15 is 0 Å². The van der Waals surface area contributed by atoms with Crippen molar-refractivity contribution in [1.29, 1.82) is 0 Å². The van der Waals surface area contributed by atoms with Crippen LogP contribution in [0.5, 0.6) is 0 Å². The first-order valence-electron chi connectivity index (χ1n) is 17.3. The minimum absolute atomic E-state index is 0.0121. The van der Waals surface area contributed by atoms with E-state index in [-0.39, 0.29) is 39.4 Å². The van der Waals surface area contributed by atoms with Crippen molar-refractivity contribution in [2.45, 2.75) is 79.7 Å². The minimum atomic E-state index is -0.893. The van der Waals surface area contributed by atoms with Crippen molar-refractivity contribution in [3.05, 3.63) is 71.8 Å². The average molecular weight is 727 g/mol. The Bertz CT molecular complexity index is 1360. The zero-order valence-corrected chi connectivity index (χ0v) is 31.7. The van der Waals surface area contributed by atoms with E-state index in [1.165, 1.54) is 9.80 Å². The van der Waals surface area contributed by atoms with Crippen LogP contribution in [0.1, 0.15) is 66.5 Å². The van der Waals surface area contributed by atoms with Crippen molar-refractivity contribution in [3.63, 3.8) is 0 Å². The van der Waals surface area contributed by atoms with Gasteiger partial charge in [-0.05, 0) is 66.5 Å². The molecular formula is C38H54N4O10. The van der Waals surface area contributed by atoms with Crippen LogP contribution in [0.2, 0.25) is 0 Å². The molecular weight excluding hydrogens is 672 g/mol. The number of nitrogens with zero attached hydrogens (tertiary/aromatic N) is 4. The monoisotopic (exact) mass is 726 g/mol. The number of carbonyl (C=O) groups is 6. The molecule has 2 aromatic rings. The SMILES string of the molecule is CCOC(=O)CN(CC(=O)N(CCN(Cc1ccccc1)C(=O)CN(CC(=O)OCC)C(=O)OC(C)(C)C)Cc1ccccc1)C(=O)OC(C)(C)C. The highest BCUT2D eigenvalue weighted by Crippen LogP contribution is 2.14. The molecule has 0 aliphatic rings. The Morgan fingerprint density at radius 2 is 0.827 bits per heavy atom. The smallest absolute Gasteiger partial charge is 0.411 e. The van der Waals surface area contributed by atoms with Gasteiger partial charge in [-0.2, -0.15) is 0 Å². The van der Waals surface area contributed by atoms with Crippen LogP contribution in [0.15, 0.2) is 60.7 Å². The first kappa shape index (κ1) is 43.0. The van der Waals surface area contributed by atoms with Crippen molar-refractivity contribution in [2.24, 2.45) is 0 Å². The molecule has 0 fully saturated rings. The quantitative estimate of drug-likeness (QED) is 0.167. The van der Waals surface area contributed by atoms with Gasteiger partial charge in [-0.1, -0.05) is 60.7 Å². The number of carbonyl (C=O) groups excluding carboxylic acids is 6. The Hall–Kier alpha value is -5.14. The van der Waals surface area contributed by atoms with E-state index in [1.807, 2.05) is 60.7 Å². The van der Waals surface area contributed by atoms with E-state index in [9.17, 15) is 28.8 Å². The molecule has 0 radical (unpaired) electrons. The number of amides is 4. The summed E-state index contributed by atoms with van der Waals surface area (Å²) >= 11 is 0. The molecule has 0 saturated carbocycles. The zero-order chi connectivity index (χ0) is 38.9. The Morgan fingerprint density at radius 3 is 1.12 bits per heavy atom. The van der Waals surface area contributed by atoms with Crippen molar-refractivity contribution in [3.8, 4) is 0 Å². The van der Waals surface area contributed by atoms with Crippen LogP contribution in [0, 0.1) is 0 Å². The van der Waals surface area contributed by atoms with Crippen molar-refractivity contribution >= 4 is 35.9 Å². The second-order valence-electron chi connectivity index (χ2n) is 13.9. The Balaban J connectivity index is 2.43. The van der Waals surface area contributed by atoms with Crippen molar-refractivity contribution < 1.29 is 47.7 Å². The van der Waals surface area contributed by atoms with Gasteiger partial charge in [0.1, 0.15) is 37.4 Å². The van der Waals surface area contributed by atoms with Gasteiger partial charge in [0.2, 0.25) is 11.8 Å². The predicted molar refractivity (Wildman–Crippen MR) is 193 cm³/mol. The van der Waals surface area contributed by atoms with E-state index in [0.717, 1.165) is 20.9 Å². The molecule has 0 saturated heterocycles. The minimum Gasteiger partial charge on any atom is -0.465 e. The van der Waals surface area contributed by atoms with Crippen LogP contribution in [0.3, 0.4) is 0 Å². The molecule has 0 bridgehead atoms. The van der Waals surface area contributed by atoms with Gasteiger partial charge in [-0.15, -0.1) is 0 Å². The standard InChI is InChI=1S/C38H54N4O10/c1-9-49-33(45)27-41(35(47)51-37(3,4)5)25-31(43)39(23-29-17-13-11-14-18-29)21-22-40(24-30-19-15-12-16-20-30)32(44)26-42(28-34(46)50-10-2)36(48)52-38(6,7)8/h11-20H,9-10,21-28H2,1-8H3. The Morgan fingerprint density at radius 1 is 0.500 bits per heavy atom. The number of benzene rings is 2. The van der Waals surface area contributed by atoms with Crippen molar-refractivity contribution in [2.75, 3.05) is 52.5 Å². The molecule has 0 spiro atoms. The second kappa shape index (κ2) is 20.6. The highest BCUT2D eigenvalue weighted by Gasteiger charge is 2.31. The molecule has 0 aliphatic carbocycles. The third-order valence-corrected chi connectivity index (χ3v) is 6.98. The van der Waals surface area contributed by atoms with Crippen LogP contribution in [0.4, 0.5) is 9.59 Å². The van der Waals surface area contributed by atoms with E-state index < -0.39 is 73.3 Å². The molecule has 2 rings (SSSR count). The molecule has 2 aromatic carbocycles. The number of hydrogen-bond acceptors (Lipinski definition) is 10. The molecule has 14 nitrogen and oxygen atoms in total. The largest absolute Gasteiger partial charge is 0.465 e. The van der Waals surface area contributed by atoms with E-state index in [1.54, 1.807) is 55.4 Å². The highest BCUT2D eigenvalue weighted by atomic mass is 16.6. The lowest BCUT2D eigenvalue weighted by Crippen LogP contribution is -2.50. The van der Waals surface area contributed by atoms with Gasteiger partial charge in [-0.25, -0.2) is 9.59 Å². The van der Waals surface area contributed by atoms with Crippen molar-refractivity contribution in [1.82, 2.24) is 19.6 Å². The van der Waals surface area contributed by atoms with Gasteiger partial charge in [-0.3, -0.25) is 29.0 Å². The lowest BCUT2D eigenvalue weighted by atomic mass is 10.2. The fourth-order valence-corrected chi connectivity index (χ4v) is 4.71. The lowest BCUT2D eigenvalue weighted by Gasteiger charge is -2.32. The summed E-state index contributed by atoms with van der Waals surface area (Å²) in [7, 11) is 0. The maximum atomic E-state index is 14.0. The number of esters is 2. The number of rotatable bonds is 17. The summed E-state index contributed by atoms with van der Waals surface area (Å²) < 4.78 is 21.0. The molecule has 4 amide bonds.